The number of amides is 2. The van der Waals surface area contributed by atoms with E-state index in [9.17, 15) is 14.4 Å². The molecule has 0 spiro atoms. The van der Waals surface area contributed by atoms with Crippen molar-refractivity contribution < 1.29 is 19.1 Å². The summed E-state index contributed by atoms with van der Waals surface area (Å²) < 4.78 is 4.71. The fourth-order valence-corrected chi connectivity index (χ4v) is 3.45. The Hall–Kier alpha value is -2.74. The van der Waals surface area contributed by atoms with Gasteiger partial charge in [-0.05, 0) is 44.1 Å². The number of nitrogens with one attached hydrogen (secondary N) is 2. The van der Waals surface area contributed by atoms with Gasteiger partial charge in [-0.15, -0.1) is 0 Å². The molecule has 156 valence electrons. The lowest BCUT2D eigenvalue weighted by Crippen LogP contribution is -2.39. The molecule has 1 aliphatic carbocycles. The molecule has 0 radical (unpaired) electrons. The quantitative estimate of drug-likeness (QED) is 0.420. The van der Waals surface area contributed by atoms with Crippen molar-refractivity contribution in [1.82, 2.24) is 10.2 Å². The molecular formula is C21H27N3O4S. The molecule has 0 aliphatic heterocycles. The van der Waals surface area contributed by atoms with E-state index in [-0.39, 0.29) is 23.7 Å². The van der Waals surface area contributed by atoms with Crippen molar-refractivity contribution >= 4 is 40.8 Å². The first-order chi connectivity index (χ1) is 13.9. The summed E-state index contributed by atoms with van der Waals surface area (Å²) >= 11 is 5.16. The molecule has 0 bridgehead atoms. The molecule has 8 heteroatoms. The summed E-state index contributed by atoms with van der Waals surface area (Å²) in [6.07, 6.45) is 7.58. The summed E-state index contributed by atoms with van der Waals surface area (Å²) in [5.41, 5.74) is 0.999. The summed E-state index contributed by atoms with van der Waals surface area (Å²) in [6.45, 7) is 1.90. The maximum atomic E-state index is 13.0. The Labute approximate surface area is 176 Å². The van der Waals surface area contributed by atoms with E-state index in [0.717, 1.165) is 37.8 Å². The van der Waals surface area contributed by atoms with Gasteiger partial charge in [0.2, 0.25) is 5.91 Å². The van der Waals surface area contributed by atoms with Gasteiger partial charge in [0.25, 0.3) is 5.91 Å². The summed E-state index contributed by atoms with van der Waals surface area (Å²) in [5, 5.41) is 5.37. The van der Waals surface area contributed by atoms with Gasteiger partial charge in [-0.1, -0.05) is 31.4 Å². The number of carbonyl (C=O) groups is 3. The van der Waals surface area contributed by atoms with Gasteiger partial charge < -0.3 is 15.0 Å². The van der Waals surface area contributed by atoms with Crippen LogP contribution in [0.1, 0.15) is 49.4 Å². The molecule has 0 heterocycles. The van der Waals surface area contributed by atoms with Crippen molar-refractivity contribution in [2.75, 3.05) is 19.0 Å². The monoisotopic (exact) mass is 417 g/mol. The lowest BCUT2D eigenvalue weighted by Gasteiger charge is -2.31. The van der Waals surface area contributed by atoms with Gasteiger partial charge in [0.15, 0.2) is 5.11 Å². The lowest BCUT2D eigenvalue weighted by atomic mass is 9.94. The number of rotatable bonds is 6. The second kappa shape index (κ2) is 11.3. The number of hydrogen-bond acceptors (Lipinski definition) is 5. The molecule has 0 saturated heterocycles. The van der Waals surface area contributed by atoms with Gasteiger partial charge in [-0.25, -0.2) is 4.79 Å². The predicted octanol–water partition coefficient (Wildman–Crippen LogP) is 3.02. The minimum absolute atomic E-state index is 0.0316. The van der Waals surface area contributed by atoms with Gasteiger partial charge in [0.1, 0.15) is 0 Å². The van der Waals surface area contributed by atoms with E-state index in [0.29, 0.717) is 11.3 Å². The summed E-state index contributed by atoms with van der Waals surface area (Å²) in [5.74, 6) is -1.27. The van der Waals surface area contributed by atoms with E-state index in [1.807, 2.05) is 7.05 Å². The third-order valence-electron chi connectivity index (χ3n) is 4.74. The van der Waals surface area contributed by atoms with Crippen LogP contribution < -0.4 is 10.6 Å². The minimum atomic E-state index is -0.608. The topological polar surface area (TPSA) is 87.7 Å². The van der Waals surface area contributed by atoms with Crippen LogP contribution in [0.2, 0.25) is 0 Å². The van der Waals surface area contributed by atoms with Crippen LogP contribution in [0.5, 0.6) is 0 Å². The normalized spacial score (nSPS) is 14.3. The van der Waals surface area contributed by atoms with E-state index in [1.54, 1.807) is 36.1 Å². The van der Waals surface area contributed by atoms with Crippen molar-refractivity contribution in [3.8, 4) is 0 Å². The van der Waals surface area contributed by atoms with Gasteiger partial charge in [-0.3, -0.25) is 14.9 Å². The lowest BCUT2D eigenvalue weighted by molar-refractivity contribution is -0.137. The molecule has 29 heavy (non-hydrogen) atoms. The van der Waals surface area contributed by atoms with Crippen LogP contribution in [0.25, 0.3) is 0 Å². The zero-order valence-corrected chi connectivity index (χ0v) is 17.6. The number of anilines is 1. The highest BCUT2D eigenvalue weighted by Crippen LogP contribution is 2.25. The number of esters is 1. The van der Waals surface area contributed by atoms with Crippen LogP contribution in [0.3, 0.4) is 0 Å². The summed E-state index contributed by atoms with van der Waals surface area (Å²) in [4.78, 5) is 37.9. The van der Waals surface area contributed by atoms with Crippen LogP contribution in [0, 0.1) is 0 Å². The number of nitrogens with zero attached hydrogens (tertiary/aromatic N) is 1. The average molecular weight is 418 g/mol. The van der Waals surface area contributed by atoms with Gasteiger partial charge >= 0.3 is 5.97 Å². The maximum Gasteiger partial charge on any atom is 0.330 e. The first kappa shape index (κ1) is 22.5. The molecule has 0 atom stereocenters. The van der Waals surface area contributed by atoms with E-state index < -0.39 is 11.9 Å². The van der Waals surface area contributed by atoms with Crippen molar-refractivity contribution in [3.05, 3.63) is 42.0 Å². The van der Waals surface area contributed by atoms with Crippen LogP contribution in [0.4, 0.5) is 5.69 Å². The van der Waals surface area contributed by atoms with Crippen molar-refractivity contribution in [2.45, 2.75) is 45.1 Å². The number of benzene rings is 1. The molecule has 1 aromatic rings. The predicted molar refractivity (Wildman–Crippen MR) is 116 cm³/mol. The molecule has 1 aliphatic rings. The fraction of sp³-hybridized carbons (Fsp3) is 0.429. The highest BCUT2D eigenvalue weighted by atomic mass is 32.1. The van der Waals surface area contributed by atoms with E-state index in [1.165, 1.54) is 6.42 Å². The van der Waals surface area contributed by atoms with E-state index >= 15 is 0 Å². The molecule has 2 N–H and O–H groups in total. The average Bonchev–Trinajstić information content (AvgIpc) is 2.72. The van der Waals surface area contributed by atoms with Crippen LogP contribution in [-0.4, -0.2) is 47.5 Å². The van der Waals surface area contributed by atoms with Gasteiger partial charge in [0, 0.05) is 25.2 Å². The molecular weight excluding hydrogens is 390 g/mol. The van der Waals surface area contributed by atoms with Crippen molar-refractivity contribution in [3.63, 3.8) is 0 Å². The Morgan fingerprint density at radius 3 is 2.55 bits per heavy atom. The smallest absolute Gasteiger partial charge is 0.330 e. The number of thiocarbonyl (C=S) groups is 1. The third-order valence-corrected chi connectivity index (χ3v) is 4.95. The Kier molecular flexibility index (Phi) is 8.79. The standard InChI is InChI=1S/C21H27N3O4S/c1-3-28-19(26)14-13-18(25)23-21(29)22-17-12-8-7-11-16(17)20(27)24(2)15-9-5-4-6-10-15/h7-8,11-15H,3-6,9-10H2,1-2H3,(H2,22,23,25,29). The molecule has 2 amide bonds. The molecule has 1 aromatic carbocycles. The Balaban J connectivity index is 2.00. The number of ether oxygens (including phenoxy) is 1. The molecule has 1 fully saturated rings. The largest absolute Gasteiger partial charge is 0.463 e. The maximum absolute atomic E-state index is 13.0. The zero-order valence-electron chi connectivity index (χ0n) is 16.8. The van der Waals surface area contributed by atoms with Crippen molar-refractivity contribution in [2.24, 2.45) is 0 Å². The molecule has 2 rings (SSSR count). The first-order valence-electron chi connectivity index (χ1n) is 9.75. The first-order valence-corrected chi connectivity index (χ1v) is 10.2. The van der Waals surface area contributed by atoms with Crippen molar-refractivity contribution in [1.29, 1.82) is 0 Å². The van der Waals surface area contributed by atoms with Gasteiger partial charge in [-0.2, -0.15) is 0 Å². The molecule has 7 nitrogen and oxygen atoms in total. The SMILES string of the molecule is CCOC(=O)C=CC(=O)NC(=S)Nc1ccccc1C(=O)N(C)C1CCCCC1. The second-order valence-electron chi connectivity index (χ2n) is 6.78. The number of para-hydroxylation sites is 1. The van der Waals surface area contributed by atoms with Crippen LogP contribution in [0.15, 0.2) is 36.4 Å². The highest BCUT2D eigenvalue weighted by molar-refractivity contribution is 7.80. The molecule has 0 aromatic heterocycles. The van der Waals surface area contributed by atoms with Crippen LogP contribution in [-0.2, 0) is 14.3 Å². The number of carbonyl (C=O) groups excluding carboxylic acids is 3. The third kappa shape index (κ3) is 6.98. The second-order valence-corrected chi connectivity index (χ2v) is 7.19. The van der Waals surface area contributed by atoms with Gasteiger partial charge in [0.05, 0.1) is 17.9 Å². The molecule has 1 saturated carbocycles. The summed E-state index contributed by atoms with van der Waals surface area (Å²) in [6, 6.07) is 7.27. The Morgan fingerprint density at radius 1 is 1.17 bits per heavy atom. The zero-order chi connectivity index (χ0) is 21.2. The Morgan fingerprint density at radius 2 is 1.86 bits per heavy atom. The number of hydrogen-bond donors (Lipinski definition) is 2. The van der Waals surface area contributed by atoms with E-state index in [2.05, 4.69) is 10.6 Å². The van der Waals surface area contributed by atoms with Crippen LogP contribution >= 0.6 is 12.2 Å². The highest BCUT2D eigenvalue weighted by Gasteiger charge is 2.24. The molecule has 0 unspecified atom stereocenters. The minimum Gasteiger partial charge on any atom is -0.463 e. The van der Waals surface area contributed by atoms with E-state index in [4.69, 9.17) is 17.0 Å². The Bertz CT molecular complexity index is 788. The summed E-state index contributed by atoms with van der Waals surface area (Å²) in [7, 11) is 1.83. The fourth-order valence-electron chi connectivity index (χ4n) is 3.24.